The first kappa shape index (κ1) is 22.0. The van der Waals surface area contributed by atoms with E-state index in [1.807, 2.05) is 11.0 Å². The van der Waals surface area contributed by atoms with E-state index < -0.39 is 10.0 Å². The zero-order chi connectivity index (χ0) is 22.0. The maximum absolute atomic E-state index is 13.4. The summed E-state index contributed by atoms with van der Waals surface area (Å²) in [5.74, 6) is 0.123. The minimum absolute atomic E-state index is 0.0491. The number of nitrogens with two attached hydrogens (primary N) is 1. The molecule has 1 aliphatic heterocycles. The van der Waals surface area contributed by atoms with Crippen molar-refractivity contribution in [3.8, 4) is 0 Å². The molecule has 31 heavy (non-hydrogen) atoms. The SMILES string of the molecule is Cc1cccc(C[C@H]2SC(=Nc3ccc(S(N)(=O)=O)cc3)N(C3CCCCC3)C2=O)c1. The third-order valence-corrected chi connectivity index (χ3v) is 7.88. The molecule has 0 aromatic heterocycles. The van der Waals surface area contributed by atoms with Gasteiger partial charge in [0.2, 0.25) is 15.9 Å². The quantitative estimate of drug-likeness (QED) is 0.730. The molecule has 0 radical (unpaired) electrons. The largest absolute Gasteiger partial charge is 0.287 e. The second-order valence-corrected chi connectivity index (χ2v) is 11.0. The van der Waals surface area contributed by atoms with Crippen molar-refractivity contribution < 1.29 is 13.2 Å². The predicted octanol–water partition coefficient (Wildman–Crippen LogP) is 4.15. The van der Waals surface area contributed by atoms with Gasteiger partial charge in [-0.25, -0.2) is 18.5 Å². The van der Waals surface area contributed by atoms with Gasteiger partial charge < -0.3 is 0 Å². The van der Waals surface area contributed by atoms with Crippen molar-refractivity contribution in [2.45, 2.75) is 61.6 Å². The third kappa shape index (κ3) is 5.19. The van der Waals surface area contributed by atoms with E-state index in [0.29, 0.717) is 17.3 Å². The van der Waals surface area contributed by atoms with E-state index in [4.69, 9.17) is 10.1 Å². The van der Waals surface area contributed by atoms with Gasteiger partial charge in [-0.15, -0.1) is 0 Å². The lowest BCUT2D eigenvalue weighted by molar-refractivity contribution is -0.128. The van der Waals surface area contributed by atoms with Crippen LogP contribution < -0.4 is 5.14 Å². The summed E-state index contributed by atoms with van der Waals surface area (Å²) in [6, 6.07) is 14.6. The number of carbonyl (C=O) groups is 1. The molecule has 1 atom stereocenters. The standard InChI is InChI=1S/C23H27N3O3S2/c1-16-6-5-7-17(14-16)15-21-22(27)26(19-8-3-2-4-9-19)23(30-21)25-18-10-12-20(13-11-18)31(24,28)29/h5-7,10-14,19,21H,2-4,8-9,15H2,1H3,(H2,24,28,29)/t21-/m1/s1. The van der Waals surface area contributed by atoms with Gasteiger partial charge in [-0.3, -0.25) is 9.69 Å². The van der Waals surface area contributed by atoms with Crippen LogP contribution in [0.3, 0.4) is 0 Å². The minimum Gasteiger partial charge on any atom is -0.287 e. The Kier molecular flexibility index (Phi) is 6.50. The molecule has 6 nitrogen and oxygen atoms in total. The molecular weight excluding hydrogens is 430 g/mol. The zero-order valence-electron chi connectivity index (χ0n) is 17.5. The van der Waals surface area contributed by atoms with Gasteiger partial charge in [-0.05, 0) is 56.0 Å². The zero-order valence-corrected chi connectivity index (χ0v) is 19.2. The van der Waals surface area contributed by atoms with E-state index in [1.54, 1.807) is 12.1 Å². The summed E-state index contributed by atoms with van der Waals surface area (Å²) in [7, 11) is -3.75. The van der Waals surface area contributed by atoms with Gasteiger partial charge in [0, 0.05) is 6.04 Å². The van der Waals surface area contributed by atoms with Crippen LogP contribution in [0.4, 0.5) is 5.69 Å². The lowest BCUT2D eigenvalue weighted by Crippen LogP contribution is -2.42. The van der Waals surface area contributed by atoms with Gasteiger partial charge in [0.25, 0.3) is 0 Å². The highest BCUT2D eigenvalue weighted by molar-refractivity contribution is 8.15. The van der Waals surface area contributed by atoms with Crippen molar-refractivity contribution in [1.29, 1.82) is 0 Å². The van der Waals surface area contributed by atoms with Gasteiger partial charge in [-0.1, -0.05) is 60.9 Å². The average Bonchev–Trinajstić information content (AvgIpc) is 3.03. The van der Waals surface area contributed by atoms with E-state index in [1.165, 1.54) is 35.9 Å². The average molecular weight is 458 g/mol. The maximum Gasteiger partial charge on any atom is 0.242 e. The number of carbonyl (C=O) groups excluding carboxylic acids is 1. The summed E-state index contributed by atoms with van der Waals surface area (Å²) in [6.07, 6.45) is 6.10. The van der Waals surface area contributed by atoms with Crippen LogP contribution >= 0.6 is 11.8 Å². The molecule has 1 aliphatic carbocycles. The highest BCUT2D eigenvalue weighted by Crippen LogP contribution is 2.36. The second-order valence-electron chi connectivity index (χ2n) is 8.23. The molecule has 8 heteroatoms. The number of primary sulfonamides is 1. The predicted molar refractivity (Wildman–Crippen MR) is 125 cm³/mol. The summed E-state index contributed by atoms with van der Waals surface area (Å²) in [4.78, 5) is 20.1. The van der Waals surface area contributed by atoms with Crippen LogP contribution in [0.2, 0.25) is 0 Å². The molecule has 1 heterocycles. The first-order valence-electron chi connectivity index (χ1n) is 10.6. The topological polar surface area (TPSA) is 92.8 Å². The third-order valence-electron chi connectivity index (χ3n) is 5.80. The van der Waals surface area contributed by atoms with Gasteiger partial charge in [0.15, 0.2) is 5.17 Å². The van der Waals surface area contributed by atoms with Crippen LogP contribution in [0, 0.1) is 6.92 Å². The van der Waals surface area contributed by atoms with Crippen molar-refractivity contribution in [2.75, 3.05) is 0 Å². The fourth-order valence-corrected chi connectivity index (χ4v) is 6.01. The second kappa shape index (κ2) is 9.14. The van der Waals surface area contributed by atoms with Crippen molar-refractivity contribution in [3.05, 3.63) is 59.7 Å². The molecule has 1 saturated carbocycles. The molecule has 0 spiro atoms. The van der Waals surface area contributed by atoms with Crippen LogP contribution in [0.15, 0.2) is 58.4 Å². The monoisotopic (exact) mass is 457 g/mol. The Morgan fingerprint density at radius 2 is 1.81 bits per heavy atom. The van der Waals surface area contributed by atoms with E-state index in [0.717, 1.165) is 31.2 Å². The molecule has 2 aromatic carbocycles. The lowest BCUT2D eigenvalue weighted by Gasteiger charge is -2.30. The number of hydrogen-bond donors (Lipinski definition) is 1. The first-order valence-corrected chi connectivity index (χ1v) is 13.0. The minimum atomic E-state index is -3.75. The molecule has 0 bridgehead atoms. The van der Waals surface area contributed by atoms with Crippen LogP contribution in [-0.4, -0.2) is 35.7 Å². The molecule has 2 fully saturated rings. The number of aryl methyl sites for hydroxylation is 1. The van der Waals surface area contributed by atoms with Crippen molar-refractivity contribution >= 4 is 38.5 Å². The molecule has 1 saturated heterocycles. The Hall–Kier alpha value is -2.16. The normalized spacial score (nSPS) is 21.7. The van der Waals surface area contributed by atoms with Crippen molar-refractivity contribution in [1.82, 2.24) is 4.90 Å². The molecule has 4 rings (SSSR count). The maximum atomic E-state index is 13.4. The van der Waals surface area contributed by atoms with Crippen LogP contribution in [0.1, 0.15) is 43.2 Å². The number of rotatable bonds is 5. The van der Waals surface area contributed by atoms with E-state index in [2.05, 4.69) is 25.1 Å². The molecule has 1 amide bonds. The Morgan fingerprint density at radius 3 is 2.45 bits per heavy atom. The number of sulfonamides is 1. The number of aliphatic imine (C=N–C) groups is 1. The number of amides is 1. The first-order chi connectivity index (χ1) is 14.8. The van der Waals surface area contributed by atoms with E-state index >= 15 is 0 Å². The Morgan fingerprint density at radius 1 is 1.10 bits per heavy atom. The Balaban J connectivity index is 1.62. The lowest BCUT2D eigenvalue weighted by atomic mass is 9.94. The Bertz CT molecular complexity index is 1090. The summed E-state index contributed by atoms with van der Waals surface area (Å²) in [6.45, 7) is 2.06. The summed E-state index contributed by atoms with van der Waals surface area (Å²) in [5.41, 5.74) is 2.94. The molecule has 2 aromatic rings. The van der Waals surface area contributed by atoms with Gasteiger partial charge >= 0.3 is 0 Å². The number of thioether (sulfide) groups is 1. The number of amidine groups is 1. The van der Waals surface area contributed by atoms with E-state index in [9.17, 15) is 13.2 Å². The number of nitrogens with zero attached hydrogens (tertiary/aromatic N) is 2. The molecular formula is C23H27N3O3S2. The molecule has 2 N–H and O–H groups in total. The van der Waals surface area contributed by atoms with Crippen LogP contribution in [0.25, 0.3) is 0 Å². The van der Waals surface area contributed by atoms with Gasteiger partial charge in [0.1, 0.15) is 0 Å². The van der Waals surface area contributed by atoms with Crippen LogP contribution in [0.5, 0.6) is 0 Å². The fourth-order valence-electron chi connectivity index (χ4n) is 4.24. The summed E-state index contributed by atoms with van der Waals surface area (Å²) in [5, 5.41) is 5.69. The van der Waals surface area contributed by atoms with Gasteiger partial charge in [-0.2, -0.15) is 0 Å². The molecule has 2 aliphatic rings. The van der Waals surface area contributed by atoms with Crippen molar-refractivity contribution in [3.63, 3.8) is 0 Å². The van der Waals surface area contributed by atoms with Crippen LogP contribution in [-0.2, 0) is 21.2 Å². The summed E-state index contributed by atoms with van der Waals surface area (Å²) >= 11 is 1.51. The Labute approximate surface area is 188 Å². The molecule has 164 valence electrons. The molecule has 0 unspecified atom stereocenters. The van der Waals surface area contributed by atoms with Crippen molar-refractivity contribution in [2.24, 2.45) is 10.1 Å². The highest BCUT2D eigenvalue weighted by Gasteiger charge is 2.42. The fraction of sp³-hybridized carbons (Fsp3) is 0.391. The van der Waals surface area contributed by atoms with E-state index in [-0.39, 0.29) is 22.1 Å². The summed E-state index contributed by atoms with van der Waals surface area (Å²) < 4.78 is 23.0. The number of benzene rings is 2. The highest BCUT2D eigenvalue weighted by atomic mass is 32.2. The van der Waals surface area contributed by atoms with Gasteiger partial charge in [0.05, 0.1) is 15.8 Å². The number of hydrogen-bond acceptors (Lipinski definition) is 5. The smallest absolute Gasteiger partial charge is 0.242 e.